The first-order chi connectivity index (χ1) is 15.4. The standard InChI is InChI=1S/C26H28N2O4/c1-5-6-22-14-21(16-27-24-13-18(2)7-8-19(24)3)15-25(31-4)26(22)32-17-20-9-11-23(12-10-20)28(29)30/h5,7-15,27H,1,6,16-17H2,2-4H3. The van der Waals surface area contributed by atoms with Gasteiger partial charge in [-0.05, 0) is 72.9 Å². The number of rotatable bonds is 10. The molecule has 3 aromatic carbocycles. The lowest BCUT2D eigenvalue weighted by Crippen LogP contribution is -2.05. The molecule has 0 fully saturated rings. The number of nitrogens with one attached hydrogen (secondary N) is 1. The Morgan fingerprint density at radius 3 is 2.47 bits per heavy atom. The van der Waals surface area contributed by atoms with E-state index in [1.165, 1.54) is 23.3 Å². The van der Waals surface area contributed by atoms with Crippen molar-refractivity contribution < 1.29 is 14.4 Å². The highest BCUT2D eigenvalue weighted by Crippen LogP contribution is 2.35. The number of hydrogen-bond acceptors (Lipinski definition) is 5. The molecule has 0 saturated heterocycles. The molecule has 0 aliphatic carbocycles. The van der Waals surface area contributed by atoms with Gasteiger partial charge in [0.1, 0.15) is 6.61 Å². The van der Waals surface area contributed by atoms with Gasteiger partial charge in [-0.3, -0.25) is 10.1 Å². The molecule has 166 valence electrons. The Kier molecular flexibility index (Phi) is 7.49. The van der Waals surface area contributed by atoms with Crippen LogP contribution in [0.25, 0.3) is 0 Å². The summed E-state index contributed by atoms with van der Waals surface area (Å²) in [6.07, 6.45) is 2.46. The molecular weight excluding hydrogens is 404 g/mol. The number of non-ortho nitro benzene ring substituents is 1. The van der Waals surface area contributed by atoms with Crippen LogP contribution in [0.15, 0.2) is 67.3 Å². The summed E-state index contributed by atoms with van der Waals surface area (Å²) in [6.45, 7) is 8.95. The van der Waals surface area contributed by atoms with Gasteiger partial charge in [0, 0.05) is 29.9 Å². The van der Waals surface area contributed by atoms with Crippen LogP contribution in [-0.4, -0.2) is 12.0 Å². The van der Waals surface area contributed by atoms with E-state index in [9.17, 15) is 10.1 Å². The molecule has 0 heterocycles. The fourth-order valence-corrected chi connectivity index (χ4v) is 3.44. The smallest absolute Gasteiger partial charge is 0.269 e. The van der Waals surface area contributed by atoms with Crippen LogP contribution in [0.3, 0.4) is 0 Å². The van der Waals surface area contributed by atoms with Gasteiger partial charge in [-0.25, -0.2) is 0 Å². The minimum Gasteiger partial charge on any atom is -0.493 e. The van der Waals surface area contributed by atoms with E-state index in [0.29, 0.717) is 24.5 Å². The first-order valence-electron chi connectivity index (χ1n) is 10.4. The molecule has 0 radical (unpaired) electrons. The quantitative estimate of drug-likeness (QED) is 0.237. The van der Waals surface area contributed by atoms with Crippen molar-refractivity contribution in [2.24, 2.45) is 0 Å². The first-order valence-corrected chi connectivity index (χ1v) is 10.4. The zero-order chi connectivity index (χ0) is 23.1. The lowest BCUT2D eigenvalue weighted by molar-refractivity contribution is -0.384. The number of nitro groups is 1. The van der Waals surface area contributed by atoms with E-state index < -0.39 is 4.92 Å². The van der Waals surface area contributed by atoms with Crippen molar-refractivity contribution in [3.8, 4) is 11.5 Å². The molecule has 0 atom stereocenters. The van der Waals surface area contributed by atoms with Gasteiger partial charge < -0.3 is 14.8 Å². The van der Waals surface area contributed by atoms with E-state index in [4.69, 9.17) is 9.47 Å². The lowest BCUT2D eigenvalue weighted by atomic mass is 10.0. The van der Waals surface area contributed by atoms with E-state index in [-0.39, 0.29) is 12.3 Å². The fourth-order valence-electron chi connectivity index (χ4n) is 3.44. The Hall–Kier alpha value is -3.80. The minimum absolute atomic E-state index is 0.0550. The Morgan fingerprint density at radius 2 is 1.81 bits per heavy atom. The van der Waals surface area contributed by atoms with Crippen LogP contribution in [0, 0.1) is 24.0 Å². The maximum atomic E-state index is 10.8. The maximum Gasteiger partial charge on any atom is 0.269 e. The summed E-state index contributed by atoms with van der Waals surface area (Å²) in [7, 11) is 1.62. The van der Waals surface area contributed by atoms with Gasteiger partial charge >= 0.3 is 0 Å². The highest BCUT2D eigenvalue weighted by atomic mass is 16.6. The topological polar surface area (TPSA) is 73.6 Å². The third-order valence-corrected chi connectivity index (χ3v) is 5.18. The minimum atomic E-state index is -0.416. The Labute approximate surface area is 188 Å². The average Bonchev–Trinajstić information content (AvgIpc) is 2.79. The molecule has 0 saturated carbocycles. The van der Waals surface area contributed by atoms with E-state index in [2.05, 4.69) is 50.0 Å². The Balaban J connectivity index is 1.80. The van der Waals surface area contributed by atoms with Crippen LogP contribution >= 0.6 is 0 Å². The monoisotopic (exact) mass is 432 g/mol. The van der Waals surface area contributed by atoms with Crippen molar-refractivity contribution in [3.05, 3.63) is 105 Å². The van der Waals surface area contributed by atoms with E-state index >= 15 is 0 Å². The fraction of sp³-hybridized carbons (Fsp3) is 0.231. The summed E-state index contributed by atoms with van der Waals surface area (Å²) >= 11 is 0. The number of allylic oxidation sites excluding steroid dienone is 1. The second-order valence-corrected chi connectivity index (χ2v) is 7.66. The van der Waals surface area contributed by atoms with Crippen molar-refractivity contribution in [3.63, 3.8) is 0 Å². The first kappa shape index (κ1) is 22.9. The molecule has 32 heavy (non-hydrogen) atoms. The molecule has 1 N–H and O–H groups in total. The SMILES string of the molecule is C=CCc1cc(CNc2cc(C)ccc2C)cc(OC)c1OCc1ccc([N+](=O)[O-])cc1. The van der Waals surface area contributed by atoms with Crippen LogP contribution in [0.4, 0.5) is 11.4 Å². The number of methoxy groups -OCH3 is 1. The van der Waals surface area contributed by atoms with Crippen molar-refractivity contribution in [1.29, 1.82) is 0 Å². The molecule has 0 spiro atoms. The van der Waals surface area contributed by atoms with Crippen LogP contribution in [-0.2, 0) is 19.6 Å². The van der Waals surface area contributed by atoms with Crippen molar-refractivity contribution in [2.75, 3.05) is 12.4 Å². The molecule has 6 nitrogen and oxygen atoms in total. The maximum absolute atomic E-state index is 10.8. The zero-order valence-electron chi connectivity index (χ0n) is 18.7. The van der Waals surface area contributed by atoms with Gasteiger partial charge in [-0.2, -0.15) is 0 Å². The highest BCUT2D eigenvalue weighted by molar-refractivity contribution is 5.55. The number of anilines is 1. The predicted octanol–water partition coefficient (Wildman–Crippen LogP) is 6.14. The van der Waals surface area contributed by atoms with Gasteiger partial charge in [0.15, 0.2) is 11.5 Å². The largest absolute Gasteiger partial charge is 0.493 e. The summed E-state index contributed by atoms with van der Waals surface area (Å²) in [6, 6.07) is 16.7. The lowest BCUT2D eigenvalue weighted by Gasteiger charge is -2.18. The van der Waals surface area contributed by atoms with Crippen LogP contribution in [0.2, 0.25) is 0 Å². The molecule has 3 rings (SSSR count). The van der Waals surface area contributed by atoms with E-state index in [0.717, 1.165) is 22.4 Å². The van der Waals surface area contributed by atoms with E-state index in [1.807, 2.05) is 12.1 Å². The number of nitrogens with zero attached hydrogens (tertiary/aromatic N) is 1. The molecule has 3 aromatic rings. The number of hydrogen-bond donors (Lipinski definition) is 1. The molecule has 0 aliphatic heterocycles. The Bertz CT molecular complexity index is 1110. The normalized spacial score (nSPS) is 10.5. The Morgan fingerprint density at radius 1 is 1.06 bits per heavy atom. The van der Waals surface area contributed by atoms with Crippen molar-refractivity contribution in [2.45, 2.75) is 33.4 Å². The number of ether oxygens (including phenoxy) is 2. The van der Waals surface area contributed by atoms with Gasteiger partial charge in [0.05, 0.1) is 12.0 Å². The molecular formula is C26H28N2O4. The second kappa shape index (κ2) is 10.5. The molecule has 0 aromatic heterocycles. The number of nitro benzene ring substituents is 1. The molecule has 0 bridgehead atoms. The third-order valence-electron chi connectivity index (χ3n) is 5.18. The second-order valence-electron chi connectivity index (χ2n) is 7.66. The molecule has 0 amide bonds. The summed E-state index contributed by atoms with van der Waals surface area (Å²) in [5.41, 5.74) is 6.44. The zero-order valence-corrected chi connectivity index (χ0v) is 18.7. The van der Waals surface area contributed by atoms with Gasteiger partial charge in [-0.1, -0.05) is 18.2 Å². The van der Waals surface area contributed by atoms with Crippen LogP contribution < -0.4 is 14.8 Å². The third kappa shape index (κ3) is 5.66. The summed E-state index contributed by atoms with van der Waals surface area (Å²) < 4.78 is 11.7. The highest BCUT2D eigenvalue weighted by Gasteiger charge is 2.14. The molecule has 6 heteroatoms. The van der Waals surface area contributed by atoms with E-state index in [1.54, 1.807) is 19.2 Å². The predicted molar refractivity (Wildman–Crippen MR) is 128 cm³/mol. The van der Waals surface area contributed by atoms with Crippen molar-refractivity contribution in [1.82, 2.24) is 0 Å². The van der Waals surface area contributed by atoms with Crippen molar-refractivity contribution >= 4 is 11.4 Å². The van der Waals surface area contributed by atoms with Gasteiger partial charge in [0.25, 0.3) is 5.69 Å². The summed E-state index contributed by atoms with van der Waals surface area (Å²) in [5.74, 6) is 1.30. The summed E-state index contributed by atoms with van der Waals surface area (Å²) in [4.78, 5) is 10.4. The number of benzene rings is 3. The number of aryl methyl sites for hydroxylation is 2. The van der Waals surface area contributed by atoms with Crippen LogP contribution in [0.1, 0.15) is 27.8 Å². The molecule has 0 unspecified atom stereocenters. The summed E-state index contributed by atoms with van der Waals surface area (Å²) in [5, 5.41) is 14.4. The van der Waals surface area contributed by atoms with Crippen LogP contribution in [0.5, 0.6) is 11.5 Å². The van der Waals surface area contributed by atoms with Gasteiger partial charge in [0.2, 0.25) is 0 Å². The van der Waals surface area contributed by atoms with Gasteiger partial charge in [-0.15, -0.1) is 6.58 Å². The molecule has 0 aliphatic rings. The average molecular weight is 433 g/mol.